The largest absolute Gasteiger partial charge is 0.373 e. The summed E-state index contributed by atoms with van der Waals surface area (Å²) in [5.41, 5.74) is 1.70. The lowest BCUT2D eigenvalue weighted by Gasteiger charge is -2.35. The Labute approximate surface area is 154 Å². The molecule has 0 spiro atoms. The predicted molar refractivity (Wildman–Crippen MR) is 103 cm³/mol. The Morgan fingerprint density at radius 3 is 2.38 bits per heavy atom. The van der Waals surface area contributed by atoms with Crippen LogP contribution in [0.5, 0.6) is 0 Å². The molecular formula is C21H25N3O2. The van der Waals surface area contributed by atoms with Gasteiger partial charge in [0.2, 0.25) is 0 Å². The Hall–Kier alpha value is -2.37. The topological polar surface area (TPSA) is 44.8 Å². The van der Waals surface area contributed by atoms with Gasteiger partial charge in [0.1, 0.15) is 0 Å². The van der Waals surface area contributed by atoms with Gasteiger partial charge in [-0.15, -0.1) is 0 Å². The maximum absolute atomic E-state index is 13.0. The van der Waals surface area contributed by atoms with E-state index in [4.69, 9.17) is 4.74 Å². The van der Waals surface area contributed by atoms with Crippen molar-refractivity contribution in [3.63, 3.8) is 0 Å². The molecule has 2 aliphatic rings. The summed E-state index contributed by atoms with van der Waals surface area (Å²) < 4.78 is 5.96. The maximum Gasteiger partial charge on any atom is 0.326 e. The van der Waals surface area contributed by atoms with Crippen LogP contribution in [-0.4, -0.2) is 49.3 Å². The molecule has 2 aliphatic heterocycles. The fraction of sp³-hybridized carbons (Fsp3) is 0.381. The Kier molecular flexibility index (Phi) is 5.18. The normalized spacial score (nSPS) is 22.6. The van der Waals surface area contributed by atoms with Gasteiger partial charge in [-0.1, -0.05) is 36.4 Å². The Balaban J connectivity index is 1.43. The van der Waals surface area contributed by atoms with E-state index in [1.165, 1.54) is 12.8 Å². The number of ether oxygens (including phenoxy) is 1. The lowest BCUT2D eigenvalue weighted by molar-refractivity contribution is -0.0457. The molecule has 2 fully saturated rings. The molecule has 5 nitrogen and oxygen atoms in total. The number of para-hydroxylation sites is 2. The summed E-state index contributed by atoms with van der Waals surface area (Å²) in [5, 5.41) is 3.06. The molecule has 2 heterocycles. The summed E-state index contributed by atoms with van der Waals surface area (Å²) in [5.74, 6) is 0. The van der Waals surface area contributed by atoms with Crippen molar-refractivity contribution in [1.82, 2.24) is 10.2 Å². The van der Waals surface area contributed by atoms with Crippen LogP contribution >= 0.6 is 0 Å². The van der Waals surface area contributed by atoms with Crippen LogP contribution in [0.4, 0.5) is 16.2 Å². The Morgan fingerprint density at radius 1 is 1.08 bits per heavy atom. The number of anilines is 2. The van der Waals surface area contributed by atoms with Crippen molar-refractivity contribution in [2.24, 2.45) is 0 Å². The first-order chi connectivity index (χ1) is 12.8. The number of hydrogen-bond acceptors (Lipinski definition) is 3. The minimum Gasteiger partial charge on any atom is -0.373 e. The SMILES string of the molecule is O=C(NCC1CN2CCCC2CO1)N(c1ccccc1)c1ccccc1. The molecule has 2 aromatic carbocycles. The van der Waals surface area contributed by atoms with Crippen molar-refractivity contribution in [3.05, 3.63) is 60.7 Å². The van der Waals surface area contributed by atoms with E-state index in [1.54, 1.807) is 4.90 Å². The smallest absolute Gasteiger partial charge is 0.326 e. The number of fused-ring (bicyclic) bond motifs is 1. The zero-order valence-electron chi connectivity index (χ0n) is 14.9. The zero-order chi connectivity index (χ0) is 17.8. The summed E-state index contributed by atoms with van der Waals surface area (Å²) in [6.07, 6.45) is 2.54. The van der Waals surface area contributed by atoms with E-state index in [9.17, 15) is 4.79 Å². The molecule has 2 saturated heterocycles. The van der Waals surface area contributed by atoms with E-state index in [2.05, 4.69) is 10.2 Å². The van der Waals surface area contributed by atoms with Gasteiger partial charge < -0.3 is 10.1 Å². The lowest BCUT2D eigenvalue weighted by Crippen LogP contribution is -2.51. The third-order valence-corrected chi connectivity index (χ3v) is 5.17. The number of morpholine rings is 1. The van der Waals surface area contributed by atoms with Crippen molar-refractivity contribution >= 4 is 17.4 Å². The van der Waals surface area contributed by atoms with E-state index < -0.39 is 0 Å². The van der Waals surface area contributed by atoms with Gasteiger partial charge in [0.05, 0.1) is 24.1 Å². The molecule has 1 N–H and O–H groups in total. The van der Waals surface area contributed by atoms with E-state index in [0.717, 1.165) is 31.1 Å². The number of benzene rings is 2. The van der Waals surface area contributed by atoms with Crippen molar-refractivity contribution in [2.45, 2.75) is 25.0 Å². The first-order valence-corrected chi connectivity index (χ1v) is 9.35. The molecule has 5 heteroatoms. The highest BCUT2D eigenvalue weighted by atomic mass is 16.5. The third-order valence-electron chi connectivity index (χ3n) is 5.17. The van der Waals surface area contributed by atoms with Gasteiger partial charge in [-0.25, -0.2) is 4.79 Å². The van der Waals surface area contributed by atoms with E-state index >= 15 is 0 Å². The van der Waals surface area contributed by atoms with Gasteiger partial charge in [-0.3, -0.25) is 9.80 Å². The molecule has 0 bridgehead atoms. The number of carbonyl (C=O) groups excluding carboxylic acids is 1. The third kappa shape index (κ3) is 3.74. The first kappa shape index (κ1) is 17.1. The Morgan fingerprint density at radius 2 is 1.73 bits per heavy atom. The van der Waals surface area contributed by atoms with Crippen molar-refractivity contribution in [2.75, 3.05) is 31.1 Å². The number of urea groups is 1. The molecule has 2 amide bonds. The summed E-state index contributed by atoms with van der Waals surface area (Å²) in [6, 6.07) is 19.9. The molecule has 0 aromatic heterocycles. The van der Waals surface area contributed by atoms with Gasteiger partial charge in [0, 0.05) is 19.1 Å². The van der Waals surface area contributed by atoms with Crippen LogP contribution in [0.2, 0.25) is 0 Å². The van der Waals surface area contributed by atoms with Gasteiger partial charge in [-0.2, -0.15) is 0 Å². The molecule has 2 atom stereocenters. The number of nitrogens with zero attached hydrogens (tertiary/aromatic N) is 2. The van der Waals surface area contributed by atoms with Crippen LogP contribution in [0.3, 0.4) is 0 Å². The quantitative estimate of drug-likeness (QED) is 0.918. The average molecular weight is 351 g/mol. The van der Waals surface area contributed by atoms with Crippen LogP contribution in [0.15, 0.2) is 60.7 Å². The van der Waals surface area contributed by atoms with Gasteiger partial charge in [-0.05, 0) is 43.7 Å². The summed E-state index contributed by atoms with van der Waals surface area (Å²) in [4.78, 5) is 17.2. The van der Waals surface area contributed by atoms with Gasteiger partial charge in [0.15, 0.2) is 0 Å². The molecule has 136 valence electrons. The minimum absolute atomic E-state index is 0.0571. The molecule has 2 unspecified atom stereocenters. The molecule has 0 saturated carbocycles. The van der Waals surface area contributed by atoms with Crippen molar-refractivity contribution in [1.29, 1.82) is 0 Å². The second-order valence-corrected chi connectivity index (χ2v) is 6.94. The highest BCUT2D eigenvalue weighted by Gasteiger charge is 2.32. The van der Waals surface area contributed by atoms with Crippen LogP contribution in [0.25, 0.3) is 0 Å². The summed E-state index contributed by atoms with van der Waals surface area (Å²) >= 11 is 0. The van der Waals surface area contributed by atoms with Crippen LogP contribution in [-0.2, 0) is 4.74 Å². The highest BCUT2D eigenvalue weighted by molar-refractivity contribution is 5.99. The number of nitrogens with one attached hydrogen (secondary N) is 1. The Bertz CT molecular complexity index is 683. The van der Waals surface area contributed by atoms with Gasteiger partial charge >= 0.3 is 6.03 Å². The lowest BCUT2D eigenvalue weighted by atomic mass is 10.2. The first-order valence-electron chi connectivity index (χ1n) is 9.35. The zero-order valence-corrected chi connectivity index (χ0v) is 14.9. The highest BCUT2D eigenvalue weighted by Crippen LogP contribution is 2.25. The molecular weight excluding hydrogens is 326 g/mol. The number of hydrogen-bond donors (Lipinski definition) is 1. The molecule has 0 aliphatic carbocycles. The monoisotopic (exact) mass is 351 g/mol. The number of carbonyl (C=O) groups is 1. The van der Waals surface area contributed by atoms with E-state index in [-0.39, 0.29) is 12.1 Å². The number of amides is 2. The molecule has 0 radical (unpaired) electrons. The summed E-state index contributed by atoms with van der Waals surface area (Å²) in [6.45, 7) is 3.36. The molecule has 4 rings (SSSR count). The molecule has 26 heavy (non-hydrogen) atoms. The van der Waals surface area contributed by atoms with Crippen molar-refractivity contribution in [3.8, 4) is 0 Å². The standard InChI is InChI=1S/C21H25N3O2/c25-21(22-14-20-15-23-13-7-12-19(23)16-26-20)24(17-8-3-1-4-9-17)18-10-5-2-6-11-18/h1-6,8-11,19-20H,7,12-16H2,(H,22,25). The second-order valence-electron chi connectivity index (χ2n) is 6.94. The van der Waals surface area contributed by atoms with Crippen LogP contribution in [0.1, 0.15) is 12.8 Å². The number of rotatable bonds is 4. The van der Waals surface area contributed by atoms with Gasteiger partial charge in [0.25, 0.3) is 0 Å². The maximum atomic E-state index is 13.0. The average Bonchev–Trinajstić information content (AvgIpc) is 3.16. The molecule has 2 aromatic rings. The van der Waals surface area contributed by atoms with E-state index in [1.807, 2.05) is 60.7 Å². The summed E-state index contributed by atoms with van der Waals surface area (Å²) in [7, 11) is 0. The van der Waals surface area contributed by atoms with Crippen molar-refractivity contribution < 1.29 is 9.53 Å². The second kappa shape index (κ2) is 7.89. The predicted octanol–water partition coefficient (Wildman–Crippen LogP) is 3.40. The fourth-order valence-corrected chi connectivity index (χ4v) is 3.83. The van der Waals surface area contributed by atoms with Crippen LogP contribution in [0, 0.1) is 0 Å². The van der Waals surface area contributed by atoms with Crippen LogP contribution < -0.4 is 10.2 Å². The van der Waals surface area contributed by atoms with E-state index in [0.29, 0.717) is 12.6 Å². The minimum atomic E-state index is -0.130. The fourth-order valence-electron chi connectivity index (χ4n) is 3.83.